The highest BCUT2D eigenvalue weighted by atomic mass is 16.3. The Hall–Kier alpha value is -1.78. The first-order chi connectivity index (χ1) is 11.1. The molecule has 0 saturated heterocycles. The zero-order chi connectivity index (χ0) is 16.7. The number of hydrogen-bond acceptors (Lipinski definition) is 3. The molecule has 0 bridgehead atoms. The van der Waals surface area contributed by atoms with Gasteiger partial charge in [0.1, 0.15) is 6.26 Å². The summed E-state index contributed by atoms with van der Waals surface area (Å²) in [6.45, 7) is 4.50. The van der Waals surface area contributed by atoms with Gasteiger partial charge in [0, 0.05) is 25.0 Å². The molecule has 1 atom stereocenters. The Balaban J connectivity index is 1.87. The van der Waals surface area contributed by atoms with Crippen molar-refractivity contribution in [2.75, 3.05) is 6.54 Å². The number of carbonyl (C=O) groups is 2. The molecular weight excluding hydrogens is 292 g/mol. The molecular formula is C18H28N2O3. The van der Waals surface area contributed by atoms with Gasteiger partial charge in [0.2, 0.25) is 5.91 Å². The SMILES string of the molecule is CCC(C)N(CCC(=O)NC1CCCCC1)C(=O)c1ccoc1. The Bertz CT molecular complexity index is 492. The van der Waals surface area contributed by atoms with Crippen LogP contribution in [0.4, 0.5) is 0 Å². The molecule has 1 aliphatic rings. The Kier molecular flexibility index (Phi) is 6.68. The number of nitrogens with one attached hydrogen (secondary N) is 1. The van der Waals surface area contributed by atoms with E-state index in [9.17, 15) is 9.59 Å². The van der Waals surface area contributed by atoms with Crippen LogP contribution in [0.1, 0.15) is 69.2 Å². The van der Waals surface area contributed by atoms with Gasteiger partial charge < -0.3 is 14.6 Å². The minimum absolute atomic E-state index is 0.0465. The maximum atomic E-state index is 12.5. The molecule has 1 saturated carbocycles. The number of nitrogens with zero attached hydrogens (tertiary/aromatic N) is 1. The fourth-order valence-electron chi connectivity index (χ4n) is 3.06. The van der Waals surface area contributed by atoms with Gasteiger partial charge >= 0.3 is 0 Å². The monoisotopic (exact) mass is 320 g/mol. The predicted molar refractivity (Wildman–Crippen MR) is 89.1 cm³/mol. The highest BCUT2D eigenvalue weighted by Crippen LogP contribution is 2.17. The molecule has 0 radical (unpaired) electrons. The maximum absolute atomic E-state index is 12.5. The molecule has 1 unspecified atom stereocenters. The molecule has 23 heavy (non-hydrogen) atoms. The largest absolute Gasteiger partial charge is 0.472 e. The van der Waals surface area contributed by atoms with Crippen LogP contribution in [-0.4, -0.2) is 35.3 Å². The summed E-state index contributed by atoms with van der Waals surface area (Å²) in [7, 11) is 0. The van der Waals surface area contributed by atoms with Crippen molar-refractivity contribution in [3.8, 4) is 0 Å². The molecule has 1 aromatic heterocycles. The number of carbonyl (C=O) groups excluding carboxylic acids is 2. The van der Waals surface area contributed by atoms with Crippen LogP contribution in [-0.2, 0) is 4.79 Å². The normalized spacial score (nSPS) is 16.8. The van der Waals surface area contributed by atoms with Gasteiger partial charge in [-0.1, -0.05) is 26.2 Å². The second kappa shape index (κ2) is 8.75. The van der Waals surface area contributed by atoms with Gasteiger partial charge in [-0.2, -0.15) is 0 Å². The fourth-order valence-corrected chi connectivity index (χ4v) is 3.06. The van der Waals surface area contributed by atoms with Crippen LogP contribution in [0, 0.1) is 0 Å². The first-order valence-corrected chi connectivity index (χ1v) is 8.74. The van der Waals surface area contributed by atoms with Gasteiger partial charge in [-0.25, -0.2) is 0 Å². The van der Waals surface area contributed by atoms with Gasteiger partial charge in [0.25, 0.3) is 5.91 Å². The lowest BCUT2D eigenvalue weighted by Crippen LogP contribution is -2.42. The second-order valence-electron chi connectivity index (χ2n) is 6.42. The average Bonchev–Trinajstić information content (AvgIpc) is 3.10. The summed E-state index contributed by atoms with van der Waals surface area (Å²) in [5, 5.41) is 3.11. The van der Waals surface area contributed by atoms with Crippen LogP contribution < -0.4 is 5.32 Å². The van der Waals surface area contributed by atoms with Crippen LogP contribution in [0.5, 0.6) is 0 Å². The summed E-state index contributed by atoms with van der Waals surface area (Å²) < 4.78 is 5.00. The molecule has 1 N–H and O–H groups in total. The highest BCUT2D eigenvalue weighted by molar-refractivity contribution is 5.94. The van der Waals surface area contributed by atoms with E-state index in [2.05, 4.69) is 5.32 Å². The van der Waals surface area contributed by atoms with E-state index in [1.54, 1.807) is 11.0 Å². The molecule has 2 amide bonds. The van der Waals surface area contributed by atoms with Crippen LogP contribution >= 0.6 is 0 Å². The fraction of sp³-hybridized carbons (Fsp3) is 0.667. The lowest BCUT2D eigenvalue weighted by atomic mass is 9.95. The maximum Gasteiger partial charge on any atom is 0.257 e. The summed E-state index contributed by atoms with van der Waals surface area (Å²) in [5.74, 6) is -0.0243. The molecule has 1 fully saturated rings. The molecule has 128 valence electrons. The van der Waals surface area contributed by atoms with E-state index >= 15 is 0 Å². The molecule has 1 aliphatic carbocycles. The molecule has 5 nitrogen and oxygen atoms in total. The van der Waals surface area contributed by atoms with Gasteiger partial charge in [-0.05, 0) is 32.3 Å². The first-order valence-electron chi connectivity index (χ1n) is 8.74. The molecule has 1 heterocycles. The zero-order valence-corrected chi connectivity index (χ0v) is 14.2. The molecule has 0 aliphatic heterocycles. The molecule has 1 aromatic rings. The van der Waals surface area contributed by atoms with Crippen LogP contribution in [0.2, 0.25) is 0 Å². The van der Waals surface area contributed by atoms with Gasteiger partial charge in [0.15, 0.2) is 0 Å². The van der Waals surface area contributed by atoms with Gasteiger partial charge in [-0.15, -0.1) is 0 Å². The standard InChI is InChI=1S/C18H28N2O3/c1-3-14(2)20(18(22)15-10-12-23-13-15)11-9-17(21)19-16-7-5-4-6-8-16/h10,12-14,16H,3-9,11H2,1-2H3,(H,19,21). The van der Waals surface area contributed by atoms with Crippen molar-refractivity contribution in [2.45, 2.75) is 70.9 Å². The quantitative estimate of drug-likeness (QED) is 0.838. The summed E-state index contributed by atoms with van der Waals surface area (Å²) in [6.07, 6.45) is 9.98. The summed E-state index contributed by atoms with van der Waals surface area (Å²) in [6, 6.07) is 2.08. The lowest BCUT2D eigenvalue weighted by molar-refractivity contribution is -0.122. The van der Waals surface area contributed by atoms with Gasteiger partial charge in [-0.3, -0.25) is 9.59 Å². The third kappa shape index (κ3) is 5.12. The molecule has 0 aromatic carbocycles. The van der Waals surface area contributed by atoms with Crippen molar-refractivity contribution in [1.82, 2.24) is 10.2 Å². The Morgan fingerprint density at radius 3 is 2.70 bits per heavy atom. The second-order valence-corrected chi connectivity index (χ2v) is 6.42. The van der Waals surface area contributed by atoms with E-state index in [-0.39, 0.29) is 17.9 Å². The van der Waals surface area contributed by atoms with Crippen molar-refractivity contribution in [2.24, 2.45) is 0 Å². The van der Waals surface area contributed by atoms with Gasteiger partial charge in [0.05, 0.1) is 11.8 Å². The minimum atomic E-state index is -0.0708. The summed E-state index contributed by atoms with van der Waals surface area (Å²) >= 11 is 0. The van der Waals surface area contributed by atoms with Crippen LogP contribution in [0.3, 0.4) is 0 Å². The number of furan rings is 1. The third-order valence-electron chi connectivity index (χ3n) is 4.70. The summed E-state index contributed by atoms with van der Waals surface area (Å²) in [4.78, 5) is 26.5. The van der Waals surface area contributed by atoms with E-state index in [1.807, 2.05) is 13.8 Å². The van der Waals surface area contributed by atoms with E-state index < -0.39 is 0 Å². The number of rotatable bonds is 7. The highest BCUT2D eigenvalue weighted by Gasteiger charge is 2.23. The Labute approximate surface area is 138 Å². The van der Waals surface area contributed by atoms with E-state index in [1.165, 1.54) is 31.8 Å². The Morgan fingerprint density at radius 2 is 2.09 bits per heavy atom. The minimum Gasteiger partial charge on any atom is -0.472 e. The number of amides is 2. The van der Waals surface area contributed by atoms with Crippen molar-refractivity contribution in [1.29, 1.82) is 0 Å². The number of hydrogen-bond donors (Lipinski definition) is 1. The van der Waals surface area contributed by atoms with E-state index in [0.717, 1.165) is 19.3 Å². The van der Waals surface area contributed by atoms with Crippen LogP contribution in [0.25, 0.3) is 0 Å². The lowest BCUT2D eigenvalue weighted by Gasteiger charge is -2.29. The zero-order valence-electron chi connectivity index (χ0n) is 14.2. The summed E-state index contributed by atoms with van der Waals surface area (Å²) in [5.41, 5.74) is 0.540. The third-order valence-corrected chi connectivity index (χ3v) is 4.70. The van der Waals surface area contributed by atoms with Crippen LogP contribution in [0.15, 0.2) is 23.0 Å². The predicted octanol–water partition coefficient (Wildman–Crippen LogP) is 3.36. The topological polar surface area (TPSA) is 62.6 Å². The van der Waals surface area contributed by atoms with Crippen molar-refractivity contribution in [3.05, 3.63) is 24.2 Å². The van der Waals surface area contributed by atoms with E-state index in [0.29, 0.717) is 24.6 Å². The van der Waals surface area contributed by atoms with E-state index in [4.69, 9.17) is 4.42 Å². The van der Waals surface area contributed by atoms with Crippen molar-refractivity contribution in [3.63, 3.8) is 0 Å². The first kappa shape index (κ1) is 17.6. The average molecular weight is 320 g/mol. The Morgan fingerprint density at radius 1 is 1.35 bits per heavy atom. The molecule has 2 rings (SSSR count). The smallest absolute Gasteiger partial charge is 0.257 e. The molecule has 5 heteroatoms. The molecule has 0 spiro atoms. The van der Waals surface area contributed by atoms with Crippen molar-refractivity contribution >= 4 is 11.8 Å². The van der Waals surface area contributed by atoms with Crippen molar-refractivity contribution < 1.29 is 14.0 Å².